The van der Waals surface area contributed by atoms with Crippen LogP contribution >= 0.6 is 0 Å². The number of piperidine rings is 1. The van der Waals surface area contributed by atoms with Gasteiger partial charge in [0.2, 0.25) is 0 Å². The van der Waals surface area contributed by atoms with E-state index < -0.39 is 0 Å². The monoisotopic (exact) mass is 387 g/mol. The molecule has 1 aromatic heterocycles. The summed E-state index contributed by atoms with van der Waals surface area (Å²) in [5.41, 5.74) is 14.4. The normalized spacial score (nSPS) is 14.2. The smallest absolute Gasteiger partial charge is 0.128 e. The van der Waals surface area contributed by atoms with Crippen molar-refractivity contribution in [2.45, 2.75) is 33.1 Å². The maximum absolute atomic E-state index is 6.25. The quantitative estimate of drug-likeness (QED) is 0.602. The van der Waals surface area contributed by atoms with E-state index in [0.717, 1.165) is 60.4 Å². The van der Waals surface area contributed by atoms with Crippen LogP contribution in [0.25, 0.3) is 16.5 Å². The highest BCUT2D eigenvalue weighted by Gasteiger charge is 2.15. The Balaban J connectivity index is 1.59. The van der Waals surface area contributed by atoms with Gasteiger partial charge >= 0.3 is 0 Å². The number of nitrogens with zero attached hydrogens (tertiary/aromatic N) is 1. The molecule has 3 aromatic rings. The van der Waals surface area contributed by atoms with Crippen LogP contribution in [-0.4, -0.2) is 24.7 Å². The zero-order chi connectivity index (χ0) is 20.2. The molecule has 0 aliphatic carbocycles. The number of nitrogens with one attached hydrogen (secondary N) is 1. The van der Waals surface area contributed by atoms with Crippen LogP contribution in [0.5, 0.6) is 5.75 Å². The summed E-state index contributed by atoms with van der Waals surface area (Å²) < 4.78 is 6.25. The van der Waals surface area contributed by atoms with E-state index in [4.69, 9.17) is 10.5 Å². The molecular weight excluding hydrogens is 358 g/mol. The molecule has 0 saturated carbocycles. The second-order valence-corrected chi connectivity index (χ2v) is 7.78. The fourth-order valence-corrected chi connectivity index (χ4v) is 4.11. The minimum atomic E-state index is 0.632. The van der Waals surface area contributed by atoms with Crippen molar-refractivity contribution >= 4 is 22.2 Å². The molecule has 0 unspecified atom stereocenters. The maximum Gasteiger partial charge on any atom is 0.128 e. The lowest BCUT2D eigenvalue weighted by Gasteiger charge is -2.22. The van der Waals surface area contributed by atoms with Crippen molar-refractivity contribution < 1.29 is 4.74 Å². The summed E-state index contributed by atoms with van der Waals surface area (Å²) in [6.45, 7) is 6.88. The first kappa shape index (κ1) is 19.5. The highest BCUT2D eigenvalue weighted by molar-refractivity contribution is 5.85. The molecule has 0 radical (unpaired) electrons. The van der Waals surface area contributed by atoms with Crippen molar-refractivity contribution in [1.29, 1.82) is 0 Å². The number of fused-ring (bicyclic) bond motifs is 1. The summed E-state index contributed by atoms with van der Waals surface area (Å²) in [5, 5.41) is 4.52. The van der Waals surface area contributed by atoms with Crippen LogP contribution in [0.15, 0.2) is 54.1 Å². The fraction of sp³-hybridized carbons (Fsp3) is 0.320. The Morgan fingerprint density at radius 1 is 1.07 bits per heavy atom. The number of rotatable bonds is 5. The lowest BCUT2D eigenvalue weighted by molar-refractivity contribution is 0.330. The molecule has 0 spiro atoms. The van der Waals surface area contributed by atoms with Gasteiger partial charge in [-0.3, -0.25) is 4.98 Å². The topological polar surface area (TPSA) is 60.2 Å². The third kappa shape index (κ3) is 4.43. The lowest BCUT2D eigenvalue weighted by Crippen LogP contribution is -2.24. The molecule has 150 valence electrons. The van der Waals surface area contributed by atoms with E-state index in [0.29, 0.717) is 6.61 Å². The van der Waals surface area contributed by atoms with Gasteiger partial charge in [-0.15, -0.1) is 0 Å². The third-order valence-electron chi connectivity index (χ3n) is 5.66. The van der Waals surface area contributed by atoms with Crippen molar-refractivity contribution in [1.82, 2.24) is 10.3 Å². The molecule has 4 heteroatoms. The Morgan fingerprint density at radius 3 is 2.72 bits per heavy atom. The molecular formula is C25H29N3O. The Bertz CT molecular complexity index is 1050. The first-order valence-corrected chi connectivity index (χ1v) is 10.4. The lowest BCUT2D eigenvalue weighted by atomic mass is 9.89. The van der Waals surface area contributed by atoms with Crippen molar-refractivity contribution in [3.8, 4) is 5.75 Å². The van der Waals surface area contributed by atoms with Gasteiger partial charge < -0.3 is 15.8 Å². The van der Waals surface area contributed by atoms with Crippen molar-refractivity contribution in [3.05, 3.63) is 70.9 Å². The Labute approximate surface area is 172 Å². The number of pyridine rings is 1. The molecule has 4 rings (SSSR count). The summed E-state index contributed by atoms with van der Waals surface area (Å²) in [7, 11) is 0. The molecule has 0 amide bonds. The average Bonchev–Trinajstić information content (AvgIpc) is 2.73. The van der Waals surface area contributed by atoms with E-state index in [1.165, 1.54) is 22.3 Å². The van der Waals surface area contributed by atoms with Crippen molar-refractivity contribution in [2.75, 3.05) is 25.4 Å². The molecule has 2 aromatic carbocycles. The van der Waals surface area contributed by atoms with Gasteiger partial charge in [0.25, 0.3) is 0 Å². The molecule has 3 N–H and O–H groups in total. The van der Waals surface area contributed by atoms with E-state index in [-0.39, 0.29) is 0 Å². The Kier molecular flexibility index (Phi) is 5.81. The maximum atomic E-state index is 6.25. The summed E-state index contributed by atoms with van der Waals surface area (Å²) in [6, 6.07) is 16.4. The highest BCUT2D eigenvalue weighted by Crippen LogP contribution is 2.32. The van der Waals surface area contributed by atoms with E-state index in [1.807, 2.05) is 37.3 Å². The SMILES string of the molecule is Cc1ccc2c(OCCC(=C3CCNCC3)c3cc(N)ccc3C)cccc2n1. The van der Waals surface area contributed by atoms with Gasteiger partial charge in [-0.2, -0.15) is 0 Å². The molecule has 4 nitrogen and oxygen atoms in total. The van der Waals surface area contributed by atoms with E-state index in [2.05, 4.69) is 35.4 Å². The van der Waals surface area contributed by atoms with Gasteiger partial charge in [-0.05, 0) is 92.9 Å². The molecule has 1 fully saturated rings. The predicted octanol–water partition coefficient (Wildman–Crippen LogP) is 5.04. The minimum absolute atomic E-state index is 0.632. The number of aromatic nitrogens is 1. The molecule has 2 heterocycles. The van der Waals surface area contributed by atoms with Gasteiger partial charge in [0.1, 0.15) is 5.75 Å². The fourth-order valence-electron chi connectivity index (χ4n) is 4.11. The molecule has 0 atom stereocenters. The van der Waals surface area contributed by atoms with Crippen LogP contribution in [0.3, 0.4) is 0 Å². The third-order valence-corrected chi connectivity index (χ3v) is 5.66. The van der Waals surface area contributed by atoms with Crippen LogP contribution in [0.2, 0.25) is 0 Å². The number of ether oxygens (including phenoxy) is 1. The van der Waals surface area contributed by atoms with Crippen LogP contribution in [0.4, 0.5) is 5.69 Å². The number of aryl methyl sites for hydroxylation is 2. The summed E-state index contributed by atoms with van der Waals surface area (Å²) in [6.07, 6.45) is 3.04. The largest absolute Gasteiger partial charge is 0.493 e. The standard InChI is InChI=1S/C25H29N3O/c1-17-6-8-20(26)16-23(17)21(19-10-13-27-14-11-19)12-15-29-25-5-3-4-24-22(25)9-7-18(2)28-24/h3-9,16,27H,10-15,26H2,1-2H3. The second-order valence-electron chi connectivity index (χ2n) is 7.78. The van der Waals surface area contributed by atoms with E-state index in [9.17, 15) is 0 Å². The summed E-state index contributed by atoms with van der Waals surface area (Å²) >= 11 is 0. The molecule has 29 heavy (non-hydrogen) atoms. The molecule has 1 aliphatic heterocycles. The summed E-state index contributed by atoms with van der Waals surface area (Å²) in [5.74, 6) is 0.897. The predicted molar refractivity (Wildman–Crippen MR) is 121 cm³/mol. The second kappa shape index (κ2) is 8.66. The van der Waals surface area contributed by atoms with Crippen molar-refractivity contribution in [3.63, 3.8) is 0 Å². The van der Waals surface area contributed by atoms with Crippen molar-refractivity contribution in [2.24, 2.45) is 0 Å². The Morgan fingerprint density at radius 2 is 1.90 bits per heavy atom. The highest BCUT2D eigenvalue weighted by atomic mass is 16.5. The molecule has 1 aliphatic rings. The van der Waals surface area contributed by atoms with Gasteiger partial charge in [-0.1, -0.05) is 17.7 Å². The molecule has 1 saturated heterocycles. The number of hydrogen-bond acceptors (Lipinski definition) is 4. The number of nitrogen functional groups attached to an aromatic ring is 1. The van der Waals surface area contributed by atoms with Gasteiger partial charge in [-0.25, -0.2) is 0 Å². The minimum Gasteiger partial charge on any atom is -0.493 e. The van der Waals surface area contributed by atoms with E-state index >= 15 is 0 Å². The van der Waals surface area contributed by atoms with Crippen LogP contribution in [0, 0.1) is 13.8 Å². The Hall–Kier alpha value is -2.85. The van der Waals surface area contributed by atoms with Crippen LogP contribution < -0.4 is 15.8 Å². The van der Waals surface area contributed by atoms with Crippen LogP contribution in [0.1, 0.15) is 36.1 Å². The van der Waals surface area contributed by atoms with Crippen LogP contribution in [-0.2, 0) is 0 Å². The number of benzene rings is 2. The first-order chi connectivity index (χ1) is 14.1. The molecule has 0 bridgehead atoms. The summed E-state index contributed by atoms with van der Waals surface area (Å²) in [4.78, 5) is 4.61. The van der Waals surface area contributed by atoms with Gasteiger partial charge in [0.05, 0.1) is 12.1 Å². The first-order valence-electron chi connectivity index (χ1n) is 10.4. The zero-order valence-electron chi connectivity index (χ0n) is 17.3. The average molecular weight is 388 g/mol. The number of hydrogen-bond donors (Lipinski definition) is 2. The number of nitrogens with two attached hydrogens (primary N) is 1. The zero-order valence-corrected chi connectivity index (χ0v) is 17.3. The van der Waals surface area contributed by atoms with E-state index in [1.54, 1.807) is 0 Å². The van der Waals surface area contributed by atoms with Gasteiger partial charge in [0.15, 0.2) is 0 Å². The number of anilines is 1. The van der Waals surface area contributed by atoms with Gasteiger partial charge in [0, 0.05) is 23.2 Å².